The molecule has 0 aliphatic heterocycles. The highest BCUT2D eigenvalue weighted by Gasteiger charge is 2.26. The fraction of sp³-hybridized carbons (Fsp3) is 0.375. The average Bonchev–Trinajstić information content (AvgIpc) is 2.82. The number of hydrogen-bond donors (Lipinski definition) is 1. The second kappa shape index (κ2) is 10.9. The lowest BCUT2D eigenvalue weighted by Crippen LogP contribution is -2.17. The van der Waals surface area contributed by atoms with E-state index in [1.54, 1.807) is 12.1 Å². The van der Waals surface area contributed by atoms with Gasteiger partial charge in [-0.1, -0.05) is 83.5 Å². The number of benzene rings is 3. The zero-order chi connectivity index (χ0) is 28.6. The molecule has 0 saturated heterocycles. The Morgan fingerprint density at radius 2 is 1.26 bits per heavy atom. The van der Waals surface area contributed by atoms with E-state index in [-0.39, 0.29) is 29.4 Å². The zero-order valence-corrected chi connectivity index (χ0v) is 23.0. The summed E-state index contributed by atoms with van der Waals surface area (Å²) in [6.45, 7) is 14.4. The molecule has 38 heavy (non-hydrogen) atoms. The van der Waals surface area contributed by atoms with Crippen molar-refractivity contribution in [3.05, 3.63) is 104 Å². The maximum Gasteiger partial charge on any atom is 0.200 e. The van der Waals surface area contributed by atoms with Crippen LogP contribution in [0.5, 0.6) is 5.75 Å². The van der Waals surface area contributed by atoms with Gasteiger partial charge >= 0.3 is 0 Å². The minimum Gasteiger partial charge on any atom is -0.507 e. The van der Waals surface area contributed by atoms with Gasteiger partial charge in [0.25, 0.3) is 0 Å². The molecular weight excluding hydrogens is 495 g/mol. The predicted octanol–water partition coefficient (Wildman–Crippen LogP) is 9.11. The van der Waals surface area contributed by atoms with E-state index in [0.29, 0.717) is 12.0 Å². The van der Waals surface area contributed by atoms with Crippen LogP contribution in [0, 0.1) is 29.1 Å². The predicted molar refractivity (Wildman–Crippen MR) is 143 cm³/mol. The van der Waals surface area contributed by atoms with Crippen molar-refractivity contribution in [3.8, 4) is 5.75 Å². The Labute approximate surface area is 222 Å². The van der Waals surface area contributed by atoms with E-state index in [2.05, 4.69) is 47.6 Å². The Hall–Kier alpha value is -3.15. The van der Waals surface area contributed by atoms with Gasteiger partial charge in [-0.25, -0.2) is 22.0 Å². The van der Waals surface area contributed by atoms with Crippen LogP contribution in [0.3, 0.4) is 0 Å². The summed E-state index contributed by atoms with van der Waals surface area (Å²) in [4.78, 5) is 0. The van der Waals surface area contributed by atoms with Gasteiger partial charge in [-0.3, -0.25) is 0 Å². The standard InChI is InChI=1S/C32H35F5O/c1-18(15-21-16-22(31(2,3)4)17-24(30(21)38)32(5,6)7)14-20-11-9-8-10-19(20)12-13-23-25(33)27(35)29(37)28(36)26(23)34/h8-11,15-17,38H,12-14H2,1-7H3. The second-order valence-electron chi connectivity index (χ2n) is 11.9. The summed E-state index contributed by atoms with van der Waals surface area (Å²) in [6.07, 6.45) is 2.17. The highest BCUT2D eigenvalue weighted by atomic mass is 19.2. The number of aryl methyl sites for hydroxylation is 1. The quantitative estimate of drug-likeness (QED) is 0.191. The minimum atomic E-state index is -2.15. The summed E-state index contributed by atoms with van der Waals surface area (Å²) >= 11 is 0. The van der Waals surface area contributed by atoms with E-state index < -0.39 is 34.6 Å². The third-order valence-corrected chi connectivity index (χ3v) is 6.75. The Morgan fingerprint density at radius 1 is 0.737 bits per heavy atom. The Kier molecular flexibility index (Phi) is 8.45. The van der Waals surface area contributed by atoms with Gasteiger partial charge in [-0.05, 0) is 59.8 Å². The molecule has 1 nitrogen and oxygen atoms in total. The van der Waals surface area contributed by atoms with Gasteiger partial charge in [0.2, 0.25) is 5.82 Å². The van der Waals surface area contributed by atoms with Gasteiger partial charge < -0.3 is 5.11 Å². The highest BCUT2D eigenvalue weighted by molar-refractivity contribution is 5.64. The van der Waals surface area contributed by atoms with Crippen LogP contribution in [0.25, 0.3) is 6.08 Å². The van der Waals surface area contributed by atoms with E-state index in [1.165, 1.54) is 0 Å². The van der Waals surface area contributed by atoms with E-state index in [4.69, 9.17) is 0 Å². The maximum absolute atomic E-state index is 14.2. The Morgan fingerprint density at radius 3 is 1.79 bits per heavy atom. The van der Waals surface area contributed by atoms with E-state index in [0.717, 1.165) is 27.8 Å². The molecule has 0 spiro atoms. The topological polar surface area (TPSA) is 20.2 Å². The molecular formula is C32H35F5O. The number of allylic oxidation sites excluding steroid dienone is 1. The Balaban J connectivity index is 1.94. The first-order chi connectivity index (χ1) is 17.5. The molecule has 3 aromatic carbocycles. The summed E-state index contributed by atoms with van der Waals surface area (Å²) in [5, 5.41) is 11.1. The van der Waals surface area contributed by atoms with Crippen LogP contribution >= 0.6 is 0 Å². The van der Waals surface area contributed by atoms with Gasteiger partial charge in [0, 0.05) is 16.7 Å². The van der Waals surface area contributed by atoms with Crippen LogP contribution in [-0.4, -0.2) is 5.11 Å². The second-order valence-corrected chi connectivity index (χ2v) is 11.9. The summed E-state index contributed by atoms with van der Waals surface area (Å²) < 4.78 is 69.0. The van der Waals surface area contributed by atoms with Crippen molar-refractivity contribution in [1.29, 1.82) is 0 Å². The monoisotopic (exact) mass is 530 g/mol. The lowest BCUT2D eigenvalue weighted by atomic mass is 9.78. The van der Waals surface area contributed by atoms with Gasteiger partial charge in [0.15, 0.2) is 23.3 Å². The number of aromatic hydroxyl groups is 1. The molecule has 0 heterocycles. The van der Waals surface area contributed by atoms with E-state index >= 15 is 0 Å². The first-order valence-electron chi connectivity index (χ1n) is 12.6. The third kappa shape index (κ3) is 6.28. The molecule has 0 aliphatic carbocycles. The highest BCUT2D eigenvalue weighted by Crippen LogP contribution is 2.38. The summed E-state index contributed by atoms with van der Waals surface area (Å²) in [6, 6.07) is 11.3. The van der Waals surface area contributed by atoms with Crippen LogP contribution in [0.1, 0.15) is 81.8 Å². The van der Waals surface area contributed by atoms with Gasteiger partial charge in [-0.2, -0.15) is 0 Å². The van der Waals surface area contributed by atoms with E-state index in [9.17, 15) is 27.1 Å². The lowest BCUT2D eigenvalue weighted by molar-refractivity contribution is 0.370. The van der Waals surface area contributed by atoms with Crippen molar-refractivity contribution in [3.63, 3.8) is 0 Å². The number of phenols is 1. The molecule has 0 bridgehead atoms. The van der Waals surface area contributed by atoms with Crippen molar-refractivity contribution in [2.24, 2.45) is 0 Å². The SMILES string of the molecule is CC(=Cc1cc(C(C)(C)C)cc(C(C)(C)C)c1O)Cc1ccccc1CCc1c(F)c(F)c(F)c(F)c1F. The van der Waals surface area contributed by atoms with Crippen LogP contribution in [0.15, 0.2) is 42.0 Å². The first kappa shape index (κ1) is 29.4. The van der Waals surface area contributed by atoms with Crippen LogP contribution < -0.4 is 0 Å². The molecule has 0 aliphatic rings. The first-order valence-corrected chi connectivity index (χ1v) is 12.6. The fourth-order valence-electron chi connectivity index (χ4n) is 4.49. The molecule has 1 N–H and O–H groups in total. The van der Waals surface area contributed by atoms with Crippen molar-refractivity contribution in [1.82, 2.24) is 0 Å². The van der Waals surface area contributed by atoms with Gasteiger partial charge in [0.1, 0.15) is 5.75 Å². The molecule has 0 atom stereocenters. The summed E-state index contributed by atoms with van der Waals surface area (Å²) in [5.41, 5.74) is 4.00. The number of halogens is 5. The molecule has 0 radical (unpaired) electrons. The number of hydrogen-bond acceptors (Lipinski definition) is 1. The average molecular weight is 531 g/mol. The zero-order valence-electron chi connectivity index (χ0n) is 23.0. The smallest absolute Gasteiger partial charge is 0.200 e. The normalized spacial score (nSPS) is 12.8. The minimum absolute atomic E-state index is 0.0980. The summed E-state index contributed by atoms with van der Waals surface area (Å²) in [7, 11) is 0. The van der Waals surface area contributed by atoms with Crippen molar-refractivity contribution in [2.45, 2.75) is 78.6 Å². The van der Waals surface area contributed by atoms with Crippen LogP contribution in [0.2, 0.25) is 0 Å². The van der Waals surface area contributed by atoms with Gasteiger partial charge in [-0.15, -0.1) is 0 Å². The molecule has 0 aromatic heterocycles. The van der Waals surface area contributed by atoms with E-state index in [1.807, 2.05) is 31.2 Å². The molecule has 204 valence electrons. The molecule has 3 rings (SSSR count). The lowest BCUT2D eigenvalue weighted by Gasteiger charge is -2.27. The maximum atomic E-state index is 14.2. The molecule has 0 unspecified atom stereocenters. The third-order valence-electron chi connectivity index (χ3n) is 6.75. The molecule has 0 saturated carbocycles. The fourth-order valence-corrected chi connectivity index (χ4v) is 4.49. The van der Waals surface area contributed by atoms with Crippen molar-refractivity contribution >= 4 is 6.08 Å². The van der Waals surface area contributed by atoms with Crippen LogP contribution in [-0.2, 0) is 30.1 Å². The van der Waals surface area contributed by atoms with Crippen molar-refractivity contribution in [2.75, 3.05) is 0 Å². The molecule has 0 fully saturated rings. The molecule has 3 aromatic rings. The van der Waals surface area contributed by atoms with Crippen molar-refractivity contribution < 1.29 is 27.1 Å². The largest absolute Gasteiger partial charge is 0.507 e. The molecule has 6 heteroatoms. The summed E-state index contributed by atoms with van der Waals surface area (Å²) in [5.74, 6) is -9.38. The number of rotatable bonds is 6. The van der Waals surface area contributed by atoms with Gasteiger partial charge in [0.05, 0.1) is 0 Å². The van der Waals surface area contributed by atoms with Crippen LogP contribution in [0.4, 0.5) is 22.0 Å². The number of phenolic OH excluding ortho intramolecular Hbond substituents is 1. The Bertz CT molecular complexity index is 1350. The molecule has 0 amide bonds.